The van der Waals surface area contributed by atoms with Crippen molar-refractivity contribution in [1.82, 2.24) is 9.78 Å². The molecule has 0 saturated carbocycles. The third-order valence-electron chi connectivity index (χ3n) is 2.60. The van der Waals surface area contributed by atoms with Gasteiger partial charge in [0.15, 0.2) is 0 Å². The van der Waals surface area contributed by atoms with Gasteiger partial charge in [0.1, 0.15) is 11.8 Å². The van der Waals surface area contributed by atoms with Gasteiger partial charge >= 0.3 is 0 Å². The Morgan fingerprint density at radius 3 is 2.71 bits per heavy atom. The topological polar surface area (TPSA) is 89.3 Å². The lowest BCUT2D eigenvalue weighted by atomic mass is 10.0. The summed E-state index contributed by atoms with van der Waals surface area (Å²) in [4.78, 5) is 0. The molecule has 2 N–H and O–H groups in total. The maximum atomic E-state index is 9.05. The fourth-order valence-corrected chi connectivity index (χ4v) is 1.66. The van der Waals surface area contributed by atoms with E-state index in [9.17, 15) is 0 Å². The van der Waals surface area contributed by atoms with Gasteiger partial charge in [-0.15, -0.1) is 0 Å². The van der Waals surface area contributed by atoms with Crippen LogP contribution >= 0.6 is 0 Å². The molecule has 1 aromatic heterocycles. The Bertz CT molecular complexity index is 476. The largest absolute Gasteiger partial charge is 0.307 e. The van der Waals surface area contributed by atoms with Crippen molar-refractivity contribution in [2.45, 2.75) is 26.7 Å². The van der Waals surface area contributed by atoms with Crippen molar-refractivity contribution < 1.29 is 0 Å². The molecule has 17 heavy (non-hydrogen) atoms. The monoisotopic (exact) mass is 231 g/mol. The second-order valence-electron chi connectivity index (χ2n) is 4.40. The molecule has 0 radical (unpaired) electrons. The van der Waals surface area contributed by atoms with Crippen LogP contribution in [0, 0.1) is 28.1 Å². The van der Waals surface area contributed by atoms with Crippen LogP contribution in [0.4, 0.5) is 0 Å². The Labute approximate surface area is 101 Å². The molecule has 0 aromatic carbocycles. The lowest BCUT2D eigenvalue weighted by Gasteiger charge is -2.03. The lowest BCUT2D eigenvalue weighted by Crippen LogP contribution is -2.06. The molecule has 0 aliphatic carbocycles. The zero-order valence-electron chi connectivity index (χ0n) is 10.4. The first-order chi connectivity index (χ1) is 8.01. The maximum absolute atomic E-state index is 9.05. The number of rotatable bonds is 5. The van der Waals surface area contributed by atoms with E-state index in [2.05, 4.69) is 18.9 Å². The van der Waals surface area contributed by atoms with Crippen molar-refractivity contribution in [3.05, 3.63) is 17.0 Å². The van der Waals surface area contributed by atoms with E-state index >= 15 is 0 Å². The molecule has 1 rings (SSSR count). The highest BCUT2D eigenvalue weighted by molar-refractivity contribution is 6.36. The van der Waals surface area contributed by atoms with Crippen LogP contribution in [0.25, 0.3) is 0 Å². The summed E-state index contributed by atoms with van der Waals surface area (Å²) >= 11 is 0. The van der Waals surface area contributed by atoms with Crippen LogP contribution in [0.1, 0.15) is 37.2 Å². The predicted octanol–water partition coefficient (Wildman–Crippen LogP) is 1.90. The zero-order chi connectivity index (χ0) is 13.0. The highest BCUT2D eigenvalue weighted by atomic mass is 15.3. The summed E-state index contributed by atoms with van der Waals surface area (Å²) in [6.07, 6.45) is 2.65. The van der Waals surface area contributed by atoms with E-state index in [1.54, 1.807) is 7.05 Å². The van der Waals surface area contributed by atoms with Gasteiger partial charge in [0.05, 0.1) is 17.0 Å². The molecule has 0 aliphatic heterocycles. The van der Waals surface area contributed by atoms with E-state index in [0.717, 1.165) is 24.8 Å². The number of nitrogens with zero attached hydrogens (tertiary/aromatic N) is 3. The quantitative estimate of drug-likeness (QED) is 0.758. The van der Waals surface area contributed by atoms with Crippen LogP contribution in [-0.2, 0) is 13.5 Å². The smallest absolute Gasteiger partial charge is 0.147 e. The fourth-order valence-electron chi connectivity index (χ4n) is 1.66. The molecule has 0 amide bonds. The summed E-state index contributed by atoms with van der Waals surface area (Å²) in [6, 6.07) is 2.04. The summed E-state index contributed by atoms with van der Waals surface area (Å²) in [5.41, 5.74) is 1.66. The molecule has 90 valence electrons. The Balaban J connectivity index is 3.17. The molecular weight excluding hydrogens is 214 g/mol. The van der Waals surface area contributed by atoms with Crippen LogP contribution in [0.2, 0.25) is 0 Å². The molecule has 1 aromatic rings. The van der Waals surface area contributed by atoms with Gasteiger partial charge in [-0.2, -0.15) is 10.4 Å². The summed E-state index contributed by atoms with van der Waals surface area (Å²) in [5.74, 6) is 0.546. The Morgan fingerprint density at radius 1 is 1.59 bits per heavy atom. The molecule has 5 heteroatoms. The van der Waals surface area contributed by atoms with E-state index in [4.69, 9.17) is 16.1 Å². The predicted molar refractivity (Wildman–Crippen MR) is 66.7 cm³/mol. The van der Waals surface area contributed by atoms with Gasteiger partial charge in [0.25, 0.3) is 0 Å². The fraction of sp³-hybridized carbons (Fsp3) is 0.500. The van der Waals surface area contributed by atoms with Crippen LogP contribution in [0.3, 0.4) is 0 Å². The molecule has 0 aliphatic rings. The zero-order valence-corrected chi connectivity index (χ0v) is 10.4. The summed E-state index contributed by atoms with van der Waals surface area (Å²) in [6.45, 7) is 4.24. The van der Waals surface area contributed by atoms with Crippen LogP contribution in [-0.4, -0.2) is 21.7 Å². The number of aromatic nitrogens is 2. The van der Waals surface area contributed by atoms with Gasteiger partial charge in [-0.1, -0.05) is 13.8 Å². The average molecular weight is 231 g/mol. The van der Waals surface area contributed by atoms with Crippen LogP contribution < -0.4 is 0 Å². The van der Waals surface area contributed by atoms with Gasteiger partial charge in [-0.05, 0) is 18.8 Å². The summed E-state index contributed by atoms with van der Waals surface area (Å²) in [5, 5.41) is 28.2. The van der Waals surface area contributed by atoms with E-state index in [0.29, 0.717) is 17.2 Å². The van der Waals surface area contributed by atoms with Crippen molar-refractivity contribution in [3.8, 4) is 6.07 Å². The molecule has 5 nitrogen and oxygen atoms in total. The molecule has 1 heterocycles. The Kier molecular flexibility index (Phi) is 4.16. The minimum Gasteiger partial charge on any atom is -0.307 e. The van der Waals surface area contributed by atoms with Crippen molar-refractivity contribution in [3.63, 3.8) is 0 Å². The normalized spacial score (nSPS) is 10.3. The van der Waals surface area contributed by atoms with E-state index < -0.39 is 0 Å². The molecule has 0 bridgehead atoms. The molecular formula is C12H17N5. The summed E-state index contributed by atoms with van der Waals surface area (Å²) in [7, 11) is 1.69. The number of hydrogen-bond donors (Lipinski definition) is 2. The van der Waals surface area contributed by atoms with E-state index in [1.165, 1.54) is 4.68 Å². The van der Waals surface area contributed by atoms with Crippen molar-refractivity contribution in [2.24, 2.45) is 13.0 Å². The van der Waals surface area contributed by atoms with Gasteiger partial charge in [-0.3, -0.25) is 10.1 Å². The third-order valence-corrected chi connectivity index (χ3v) is 2.60. The highest BCUT2D eigenvalue weighted by Crippen LogP contribution is 2.17. The Hall–Kier alpha value is -1.96. The Morgan fingerprint density at radius 2 is 2.24 bits per heavy atom. The summed E-state index contributed by atoms with van der Waals surface area (Å²) < 4.78 is 1.49. The minimum absolute atomic E-state index is 0.0495. The van der Waals surface area contributed by atoms with Crippen molar-refractivity contribution >= 4 is 11.9 Å². The van der Waals surface area contributed by atoms with E-state index in [1.807, 2.05) is 6.07 Å². The lowest BCUT2D eigenvalue weighted by molar-refractivity contribution is 0.576. The third kappa shape index (κ3) is 2.78. The maximum Gasteiger partial charge on any atom is 0.147 e. The molecule has 0 unspecified atom stereocenters. The minimum atomic E-state index is 0.0495. The van der Waals surface area contributed by atoms with Crippen molar-refractivity contribution in [2.75, 3.05) is 0 Å². The average Bonchev–Trinajstić information content (AvgIpc) is 2.61. The van der Waals surface area contributed by atoms with E-state index in [-0.39, 0.29) is 5.71 Å². The molecule has 0 saturated heterocycles. The van der Waals surface area contributed by atoms with Crippen molar-refractivity contribution in [1.29, 1.82) is 16.1 Å². The number of nitrogens with one attached hydrogen (secondary N) is 2. The molecule has 0 spiro atoms. The second kappa shape index (κ2) is 5.39. The number of nitriles is 1. The first-order valence-electron chi connectivity index (χ1n) is 5.56. The first kappa shape index (κ1) is 13.1. The second-order valence-corrected chi connectivity index (χ2v) is 4.40. The number of aryl methyl sites for hydroxylation is 2. The SMILES string of the molecule is CC(C)CCc1nn(C)c(C#N)c1C(=N)C=N. The molecule has 0 atom stereocenters. The van der Waals surface area contributed by atoms with Crippen LogP contribution in [0.15, 0.2) is 0 Å². The first-order valence-corrected chi connectivity index (χ1v) is 5.56. The standard InChI is InChI=1S/C12H17N5/c1-8(2)4-5-10-12(9(15)6-13)11(7-14)17(3)16-10/h6,8,13,15H,4-5H2,1-3H3. The van der Waals surface area contributed by atoms with Crippen LogP contribution in [0.5, 0.6) is 0 Å². The highest BCUT2D eigenvalue weighted by Gasteiger charge is 2.18. The van der Waals surface area contributed by atoms with Gasteiger partial charge in [0, 0.05) is 13.3 Å². The van der Waals surface area contributed by atoms with Gasteiger partial charge in [-0.25, -0.2) is 0 Å². The number of hydrogen-bond acceptors (Lipinski definition) is 4. The molecule has 0 fully saturated rings. The van der Waals surface area contributed by atoms with Gasteiger partial charge < -0.3 is 5.41 Å². The van der Waals surface area contributed by atoms with Gasteiger partial charge in [0.2, 0.25) is 0 Å².